The molecule has 0 aliphatic carbocycles. The fourth-order valence-electron chi connectivity index (χ4n) is 2.55. The normalized spacial score (nSPS) is 18.4. The first-order valence-corrected chi connectivity index (χ1v) is 7.96. The fourth-order valence-corrected chi connectivity index (χ4v) is 2.55. The van der Waals surface area contributed by atoms with Crippen molar-refractivity contribution >= 4 is 0 Å². The minimum atomic E-state index is -0.132. The fraction of sp³-hybridized carbons (Fsp3) is 1.00. The summed E-state index contributed by atoms with van der Waals surface area (Å²) in [7, 11) is 0. The molecular weight excluding hydrogens is 244 g/mol. The smallest absolute Gasteiger partial charge is 0.0790 e. The van der Waals surface area contributed by atoms with Crippen molar-refractivity contribution < 1.29 is 0 Å². The second kappa shape index (κ2) is 5.77. The summed E-state index contributed by atoms with van der Waals surface area (Å²) < 4.78 is 0. The van der Waals surface area contributed by atoms with Crippen LogP contribution in [0.1, 0.15) is 83.1 Å². The molecule has 0 aliphatic heterocycles. The van der Waals surface area contributed by atoms with Crippen LogP contribution in [0, 0.1) is 22.7 Å². The molecule has 0 aliphatic rings. The van der Waals surface area contributed by atoms with Crippen molar-refractivity contribution in [2.24, 2.45) is 32.9 Å². The zero-order valence-electron chi connectivity index (χ0n) is 16.0. The Morgan fingerprint density at radius 3 is 0.850 bits per heavy atom. The van der Waals surface area contributed by atoms with E-state index in [0.717, 1.165) is 0 Å². The molecule has 120 valence electrons. The number of nitrogens with zero attached hydrogens (tertiary/aromatic N) is 2. The molecule has 0 aromatic rings. The van der Waals surface area contributed by atoms with Gasteiger partial charge in [0.2, 0.25) is 0 Å². The lowest BCUT2D eigenvalue weighted by molar-refractivity contribution is 0.140. The summed E-state index contributed by atoms with van der Waals surface area (Å²) in [5.74, 6) is 0.944. The highest BCUT2D eigenvalue weighted by molar-refractivity contribution is 4.93. The summed E-state index contributed by atoms with van der Waals surface area (Å²) in [5, 5.41) is 9.51. The lowest BCUT2D eigenvalue weighted by atomic mass is 9.71. The monoisotopic (exact) mass is 282 g/mol. The van der Waals surface area contributed by atoms with E-state index in [2.05, 4.69) is 83.1 Å². The molecule has 0 rings (SSSR count). The van der Waals surface area contributed by atoms with Gasteiger partial charge < -0.3 is 0 Å². The third-order valence-electron chi connectivity index (χ3n) is 5.28. The van der Waals surface area contributed by atoms with E-state index in [0.29, 0.717) is 11.8 Å². The van der Waals surface area contributed by atoms with E-state index in [1.165, 1.54) is 0 Å². The molecule has 0 aromatic heterocycles. The molecule has 0 saturated heterocycles. The molecule has 2 heteroatoms. The molecule has 0 bridgehead atoms. The first kappa shape index (κ1) is 19.6. The van der Waals surface area contributed by atoms with E-state index in [-0.39, 0.29) is 21.9 Å². The highest BCUT2D eigenvalue weighted by atomic mass is 15.2. The maximum atomic E-state index is 4.75. The van der Waals surface area contributed by atoms with E-state index >= 15 is 0 Å². The van der Waals surface area contributed by atoms with Crippen LogP contribution in [0.25, 0.3) is 0 Å². The van der Waals surface area contributed by atoms with Gasteiger partial charge in [0.1, 0.15) is 0 Å². The number of hydrogen-bond acceptors (Lipinski definition) is 2. The third-order valence-corrected chi connectivity index (χ3v) is 5.28. The van der Waals surface area contributed by atoms with Crippen molar-refractivity contribution in [2.75, 3.05) is 0 Å². The van der Waals surface area contributed by atoms with E-state index < -0.39 is 0 Å². The molecule has 2 nitrogen and oxygen atoms in total. The summed E-state index contributed by atoms with van der Waals surface area (Å²) in [6.45, 7) is 27.0. The van der Waals surface area contributed by atoms with Crippen LogP contribution in [0.4, 0.5) is 0 Å². The van der Waals surface area contributed by atoms with Gasteiger partial charge in [0, 0.05) is 0 Å². The summed E-state index contributed by atoms with van der Waals surface area (Å²) in [6.07, 6.45) is 0. The van der Waals surface area contributed by atoms with Gasteiger partial charge in [-0.3, -0.25) is 0 Å². The Balaban J connectivity index is 5.20. The van der Waals surface area contributed by atoms with Gasteiger partial charge in [0.05, 0.1) is 11.1 Å². The second-order valence-electron chi connectivity index (χ2n) is 9.68. The van der Waals surface area contributed by atoms with Crippen LogP contribution in [0.15, 0.2) is 10.2 Å². The minimum absolute atomic E-state index is 0.132. The predicted octanol–water partition coefficient (Wildman–Crippen LogP) is 6.36. The molecule has 0 radical (unpaired) electrons. The lowest BCUT2D eigenvalue weighted by Gasteiger charge is -2.40. The quantitative estimate of drug-likeness (QED) is 0.536. The molecule has 0 heterocycles. The number of hydrogen-bond donors (Lipinski definition) is 0. The summed E-state index contributed by atoms with van der Waals surface area (Å²) >= 11 is 0. The van der Waals surface area contributed by atoms with E-state index in [4.69, 9.17) is 10.2 Å². The molecule has 0 amide bonds. The van der Waals surface area contributed by atoms with Crippen molar-refractivity contribution in [3.05, 3.63) is 0 Å². The highest BCUT2D eigenvalue weighted by Crippen LogP contribution is 2.40. The van der Waals surface area contributed by atoms with Crippen LogP contribution in [0.5, 0.6) is 0 Å². The van der Waals surface area contributed by atoms with Crippen molar-refractivity contribution in [3.8, 4) is 0 Å². The van der Waals surface area contributed by atoms with E-state index in [1.54, 1.807) is 0 Å². The van der Waals surface area contributed by atoms with Crippen LogP contribution in [0.3, 0.4) is 0 Å². The Kier molecular flexibility index (Phi) is 5.65. The average molecular weight is 283 g/mol. The van der Waals surface area contributed by atoms with Gasteiger partial charge in [0.25, 0.3) is 0 Å². The maximum absolute atomic E-state index is 4.75. The Labute approximate surface area is 127 Å². The molecule has 20 heavy (non-hydrogen) atoms. The summed E-state index contributed by atoms with van der Waals surface area (Å²) in [6, 6.07) is 0. The van der Waals surface area contributed by atoms with Crippen LogP contribution in [-0.2, 0) is 0 Å². The van der Waals surface area contributed by atoms with Crippen LogP contribution in [-0.4, -0.2) is 11.1 Å². The van der Waals surface area contributed by atoms with Gasteiger partial charge in [-0.1, -0.05) is 55.4 Å². The van der Waals surface area contributed by atoms with Gasteiger partial charge in [-0.15, -0.1) is 0 Å². The zero-order chi connectivity index (χ0) is 16.6. The second-order valence-corrected chi connectivity index (χ2v) is 9.68. The SMILES string of the molecule is CC(C(C)(C)C)C(C)(C)N=NC(C)(C)C(C)C(C)(C)C. The van der Waals surface area contributed by atoms with Gasteiger partial charge in [-0.25, -0.2) is 0 Å². The van der Waals surface area contributed by atoms with Crippen molar-refractivity contribution in [2.45, 2.75) is 94.2 Å². The average Bonchev–Trinajstić information content (AvgIpc) is 2.22. The molecule has 2 atom stereocenters. The first-order valence-electron chi connectivity index (χ1n) is 7.96. The molecular formula is C18H38N2. The van der Waals surface area contributed by atoms with Crippen molar-refractivity contribution in [3.63, 3.8) is 0 Å². The van der Waals surface area contributed by atoms with Crippen molar-refractivity contribution in [1.82, 2.24) is 0 Å². The Morgan fingerprint density at radius 1 is 0.500 bits per heavy atom. The maximum Gasteiger partial charge on any atom is 0.0790 e. The molecule has 0 saturated carbocycles. The van der Waals surface area contributed by atoms with E-state index in [1.807, 2.05) is 0 Å². The standard InChI is InChI=1S/C18H38N2/c1-13(15(3,4)5)17(9,10)19-20-18(11,12)14(2)16(6,7)8/h13-14H,1-12H3. The van der Waals surface area contributed by atoms with E-state index in [9.17, 15) is 0 Å². The molecule has 2 unspecified atom stereocenters. The molecule has 0 N–H and O–H groups in total. The van der Waals surface area contributed by atoms with Crippen molar-refractivity contribution in [1.29, 1.82) is 0 Å². The molecule has 0 fully saturated rings. The predicted molar refractivity (Wildman–Crippen MR) is 90.3 cm³/mol. The summed E-state index contributed by atoms with van der Waals surface area (Å²) in [5.41, 5.74) is 0.213. The zero-order valence-corrected chi connectivity index (χ0v) is 16.0. The van der Waals surface area contributed by atoms with Crippen LogP contribution in [0.2, 0.25) is 0 Å². The molecule has 0 aromatic carbocycles. The van der Waals surface area contributed by atoms with Gasteiger partial charge in [0.15, 0.2) is 0 Å². The Hall–Kier alpha value is -0.400. The number of azo groups is 1. The third kappa shape index (κ3) is 5.18. The van der Waals surface area contributed by atoms with Gasteiger partial charge in [-0.2, -0.15) is 10.2 Å². The van der Waals surface area contributed by atoms with Crippen LogP contribution >= 0.6 is 0 Å². The number of rotatable bonds is 4. The van der Waals surface area contributed by atoms with Crippen LogP contribution < -0.4 is 0 Å². The lowest BCUT2D eigenvalue weighted by Crippen LogP contribution is -2.39. The topological polar surface area (TPSA) is 24.7 Å². The Bertz CT molecular complexity index is 303. The highest BCUT2D eigenvalue weighted by Gasteiger charge is 2.38. The van der Waals surface area contributed by atoms with Gasteiger partial charge in [-0.05, 0) is 50.4 Å². The molecule has 0 spiro atoms. The largest absolute Gasteiger partial charge is 0.187 e. The minimum Gasteiger partial charge on any atom is -0.187 e. The summed E-state index contributed by atoms with van der Waals surface area (Å²) in [4.78, 5) is 0. The van der Waals surface area contributed by atoms with Gasteiger partial charge >= 0.3 is 0 Å². The first-order chi connectivity index (χ1) is 8.52. The Morgan fingerprint density at radius 2 is 0.700 bits per heavy atom.